The molecule has 0 aliphatic rings. The molecule has 0 atom stereocenters. The minimum absolute atomic E-state index is 0.0951. The van der Waals surface area contributed by atoms with Gasteiger partial charge in [0, 0.05) is 11.3 Å². The third-order valence-corrected chi connectivity index (χ3v) is 3.15. The van der Waals surface area contributed by atoms with Gasteiger partial charge in [-0.15, -0.1) is 0 Å². The first-order valence-corrected chi connectivity index (χ1v) is 6.22. The van der Waals surface area contributed by atoms with Crippen molar-refractivity contribution in [2.24, 2.45) is 0 Å². The van der Waals surface area contributed by atoms with Crippen LogP contribution in [0.15, 0.2) is 49.0 Å². The van der Waals surface area contributed by atoms with E-state index >= 15 is 0 Å². The topological polar surface area (TPSA) is 29.1 Å². The average Bonchev–Trinajstić information content (AvgIpc) is 2.40. The summed E-state index contributed by atoms with van der Waals surface area (Å²) in [5.41, 5.74) is 4.37. The lowest BCUT2D eigenvalue weighted by Gasteiger charge is -2.12. The van der Waals surface area contributed by atoms with Crippen LogP contribution in [0.3, 0.4) is 0 Å². The van der Waals surface area contributed by atoms with Crippen molar-refractivity contribution in [2.75, 3.05) is 5.32 Å². The van der Waals surface area contributed by atoms with Crippen LogP contribution in [0, 0.1) is 13.8 Å². The lowest BCUT2D eigenvalue weighted by molar-refractivity contribution is 0.102. The van der Waals surface area contributed by atoms with Crippen LogP contribution in [-0.4, -0.2) is 5.91 Å². The molecular formula is C17H17NO. The molecule has 0 saturated carbocycles. The van der Waals surface area contributed by atoms with Gasteiger partial charge in [-0.2, -0.15) is 0 Å². The molecule has 2 heteroatoms. The van der Waals surface area contributed by atoms with E-state index in [2.05, 4.69) is 11.9 Å². The summed E-state index contributed by atoms with van der Waals surface area (Å²) >= 11 is 0. The zero-order chi connectivity index (χ0) is 13.8. The van der Waals surface area contributed by atoms with E-state index in [1.54, 1.807) is 6.08 Å². The molecule has 0 aliphatic heterocycles. The summed E-state index contributed by atoms with van der Waals surface area (Å²) in [5.74, 6) is -0.0951. The molecule has 0 heterocycles. The first-order chi connectivity index (χ1) is 9.13. The molecule has 19 heavy (non-hydrogen) atoms. The quantitative estimate of drug-likeness (QED) is 0.870. The standard InChI is InChI=1S/C17H17NO/c1-4-14-10-7-9-13(3)16(14)17(19)18-15-11-6-5-8-12(15)2/h4-11H,1H2,2-3H3,(H,18,19). The number of rotatable bonds is 3. The highest BCUT2D eigenvalue weighted by atomic mass is 16.1. The van der Waals surface area contributed by atoms with Gasteiger partial charge >= 0.3 is 0 Å². The number of hydrogen-bond acceptors (Lipinski definition) is 1. The maximum absolute atomic E-state index is 12.4. The summed E-state index contributed by atoms with van der Waals surface area (Å²) in [6, 6.07) is 13.5. The monoisotopic (exact) mass is 251 g/mol. The Balaban J connectivity index is 2.36. The molecule has 0 aliphatic carbocycles. The summed E-state index contributed by atoms with van der Waals surface area (Å²) in [7, 11) is 0. The van der Waals surface area contributed by atoms with Crippen molar-refractivity contribution in [3.8, 4) is 0 Å². The first kappa shape index (κ1) is 13.1. The van der Waals surface area contributed by atoms with E-state index in [-0.39, 0.29) is 5.91 Å². The Labute approximate surface area is 113 Å². The van der Waals surface area contributed by atoms with E-state index < -0.39 is 0 Å². The SMILES string of the molecule is C=Cc1cccc(C)c1C(=O)Nc1ccccc1C. The van der Waals surface area contributed by atoms with E-state index in [1.807, 2.05) is 56.3 Å². The predicted octanol–water partition coefficient (Wildman–Crippen LogP) is 4.20. The Morgan fingerprint density at radius 3 is 2.42 bits per heavy atom. The zero-order valence-corrected chi connectivity index (χ0v) is 11.2. The second-order valence-corrected chi connectivity index (χ2v) is 4.51. The van der Waals surface area contributed by atoms with Crippen LogP contribution in [0.2, 0.25) is 0 Å². The van der Waals surface area contributed by atoms with Gasteiger partial charge in [-0.05, 0) is 36.6 Å². The smallest absolute Gasteiger partial charge is 0.256 e. The average molecular weight is 251 g/mol. The van der Waals surface area contributed by atoms with Gasteiger partial charge < -0.3 is 5.32 Å². The van der Waals surface area contributed by atoms with E-state index in [1.165, 1.54) is 0 Å². The van der Waals surface area contributed by atoms with E-state index in [9.17, 15) is 4.79 Å². The Morgan fingerprint density at radius 1 is 1.05 bits per heavy atom. The Morgan fingerprint density at radius 2 is 1.74 bits per heavy atom. The van der Waals surface area contributed by atoms with Gasteiger partial charge in [0.05, 0.1) is 0 Å². The van der Waals surface area contributed by atoms with Crippen molar-refractivity contribution in [1.82, 2.24) is 0 Å². The highest BCUT2D eigenvalue weighted by molar-refractivity contribution is 6.07. The maximum Gasteiger partial charge on any atom is 0.256 e. The molecular weight excluding hydrogens is 234 g/mol. The van der Waals surface area contributed by atoms with E-state index in [4.69, 9.17) is 0 Å². The molecule has 1 amide bonds. The van der Waals surface area contributed by atoms with Crippen LogP contribution < -0.4 is 5.32 Å². The van der Waals surface area contributed by atoms with Crippen LogP contribution in [0.25, 0.3) is 6.08 Å². The number of nitrogens with one attached hydrogen (secondary N) is 1. The molecule has 0 bridgehead atoms. The van der Waals surface area contributed by atoms with Crippen molar-refractivity contribution in [1.29, 1.82) is 0 Å². The number of para-hydroxylation sites is 1. The number of carbonyl (C=O) groups is 1. The molecule has 2 nitrogen and oxygen atoms in total. The van der Waals surface area contributed by atoms with Crippen molar-refractivity contribution >= 4 is 17.7 Å². The van der Waals surface area contributed by atoms with Gasteiger partial charge in [0.25, 0.3) is 5.91 Å². The number of benzene rings is 2. The fourth-order valence-corrected chi connectivity index (χ4v) is 2.07. The van der Waals surface area contributed by atoms with E-state index in [0.717, 1.165) is 22.4 Å². The summed E-state index contributed by atoms with van der Waals surface area (Å²) in [6.07, 6.45) is 1.71. The van der Waals surface area contributed by atoms with Gasteiger partial charge in [-0.3, -0.25) is 4.79 Å². The molecule has 2 aromatic rings. The number of hydrogen-bond donors (Lipinski definition) is 1. The largest absolute Gasteiger partial charge is 0.322 e. The molecule has 96 valence electrons. The third-order valence-electron chi connectivity index (χ3n) is 3.15. The fraction of sp³-hybridized carbons (Fsp3) is 0.118. The molecule has 0 spiro atoms. The molecule has 0 radical (unpaired) electrons. The van der Waals surface area contributed by atoms with Crippen molar-refractivity contribution < 1.29 is 4.79 Å². The minimum atomic E-state index is -0.0951. The highest BCUT2D eigenvalue weighted by Gasteiger charge is 2.13. The fourth-order valence-electron chi connectivity index (χ4n) is 2.07. The highest BCUT2D eigenvalue weighted by Crippen LogP contribution is 2.19. The summed E-state index contributed by atoms with van der Waals surface area (Å²) in [4.78, 5) is 12.4. The number of aryl methyl sites for hydroxylation is 2. The van der Waals surface area contributed by atoms with Gasteiger partial charge in [0.2, 0.25) is 0 Å². The lowest BCUT2D eigenvalue weighted by atomic mass is 10.0. The van der Waals surface area contributed by atoms with Crippen LogP contribution in [-0.2, 0) is 0 Å². The van der Waals surface area contributed by atoms with Crippen LogP contribution in [0.5, 0.6) is 0 Å². The molecule has 2 aromatic carbocycles. The van der Waals surface area contributed by atoms with Crippen LogP contribution in [0.1, 0.15) is 27.0 Å². The molecule has 0 unspecified atom stereocenters. The molecule has 1 N–H and O–H groups in total. The summed E-state index contributed by atoms with van der Waals surface area (Å²) < 4.78 is 0. The Kier molecular flexibility index (Phi) is 3.81. The van der Waals surface area contributed by atoms with Gasteiger partial charge in [-0.1, -0.05) is 49.1 Å². The second kappa shape index (κ2) is 5.53. The lowest BCUT2D eigenvalue weighted by Crippen LogP contribution is -2.15. The third kappa shape index (κ3) is 2.74. The zero-order valence-electron chi connectivity index (χ0n) is 11.2. The molecule has 0 saturated heterocycles. The predicted molar refractivity (Wildman–Crippen MR) is 80.4 cm³/mol. The molecule has 2 rings (SSSR count). The van der Waals surface area contributed by atoms with Crippen molar-refractivity contribution in [3.63, 3.8) is 0 Å². The van der Waals surface area contributed by atoms with Crippen LogP contribution in [0.4, 0.5) is 5.69 Å². The van der Waals surface area contributed by atoms with Crippen molar-refractivity contribution in [3.05, 3.63) is 71.3 Å². The Bertz CT molecular complexity index is 629. The maximum atomic E-state index is 12.4. The molecule has 0 aromatic heterocycles. The Hall–Kier alpha value is -2.35. The molecule has 0 fully saturated rings. The van der Waals surface area contributed by atoms with E-state index in [0.29, 0.717) is 5.56 Å². The van der Waals surface area contributed by atoms with Crippen LogP contribution >= 0.6 is 0 Å². The van der Waals surface area contributed by atoms with Gasteiger partial charge in [0.1, 0.15) is 0 Å². The summed E-state index contributed by atoms with van der Waals surface area (Å²) in [6.45, 7) is 7.66. The number of anilines is 1. The van der Waals surface area contributed by atoms with Crippen molar-refractivity contribution in [2.45, 2.75) is 13.8 Å². The second-order valence-electron chi connectivity index (χ2n) is 4.51. The minimum Gasteiger partial charge on any atom is -0.322 e. The number of amides is 1. The summed E-state index contributed by atoms with van der Waals surface area (Å²) in [5, 5.41) is 2.96. The number of carbonyl (C=O) groups excluding carboxylic acids is 1. The van der Waals surface area contributed by atoms with Gasteiger partial charge in [-0.25, -0.2) is 0 Å². The first-order valence-electron chi connectivity index (χ1n) is 6.22. The normalized spacial score (nSPS) is 10.0. The van der Waals surface area contributed by atoms with Gasteiger partial charge in [0.15, 0.2) is 0 Å².